The van der Waals surface area contributed by atoms with E-state index >= 15 is 0 Å². The molecule has 0 atom stereocenters. The molecule has 2 N–H and O–H groups in total. The van der Waals surface area contributed by atoms with Gasteiger partial charge >= 0.3 is 0 Å². The number of nitrogens with two attached hydrogens (primary N) is 1. The SMILES string of the molecule is Cc1ccnc(N(C)C(C)C)c1CN. The van der Waals surface area contributed by atoms with Gasteiger partial charge in [-0.2, -0.15) is 0 Å². The van der Waals surface area contributed by atoms with Crippen molar-refractivity contribution in [1.29, 1.82) is 0 Å². The van der Waals surface area contributed by atoms with E-state index in [2.05, 4.69) is 30.7 Å². The zero-order valence-electron chi connectivity index (χ0n) is 9.41. The predicted molar refractivity (Wildman–Crippen MR) is 60.4 cm³/mol. The summed E-state index contributed by atoms with van der Waals surface area (Å²) >= 11 is 0. The summed E-state index contributed by atoms with van der Waals surface area (Å²) in [6, 6.07) is 2.44. The maximum absolute atomic E-state index is 5.72. The molecule has 0 radical (unpaired) electrons. The Bertz CT molecular complexity index is 307. The molecule has 78 valence electrons. The van der Waals surface area contributed by atoms with Gasteiger partial charge in [0.2, 0.25) is 0 Å². The van der Waals surface area contributed by atoms with E-state index in [1.165, 1.54) is 5.56 Å². The largest absolute Gasteiger partial charge is 0.357 e. The minimum Gasteiger partial charge on any atom is -0.357 e. The van der Waals surface area contributed by atoms with Crippen LogP contribution in [0.1, 0.15) is 25.0 Å². The molecule has 0 amide bonds. The standard InChI is InChI=1S/C11H19N3/c1-8(2)14(4)11-10(7-12)9(3)5-6-13-11/h5-6,8H,7,12H2,1-4H3. The van der Waals surface area contributed by atoms with Crippen molar-refractivity contribution >= 4 is 5.82 Å². The van der Waals surface area contributed by atoms with E-state index < -0.39 is 0 Å². The molecule has 1 rings (SSSR count). The van der Waals surface area contributed by atoms with E-state index in [1.807, 2.05) is 19.3 Å². The average molecular weight is 193 g/mol. The van der Waals surface area contributed by atoms with Crippen LogP contribution in [-0.4, -0.2) is 18.1 Å². The minimum atomic E-state index is 0.439. The second-order valence-corrected chi connectivity index (χ2v) is 3.84. The van der Waals surface area contributed by atoms with Gasteiger partial charge in [0, 0.05) is 31.4 Å². The van der Waals surface area contributed by atoms with Crippen LogP contribution in [0.5, 0.6) is 0 Å². The monoisotopic (exact) mass is 193 g/mol. The van der Waals surface area contributed by atoms with Crippen LogP contribution < -0.4 is 10.6 Å². The summed E-state index contributed by atoms with van der Waals surface area (Å²) in [5, 5.41) is 0. The molecule has 0 aromatic carbocycles. The lowest BCUT2D eigenvalue weighted by Crippen LogP contribution is -2.28. The molecule has 0 aliphatic rings. The molecular formula is C11H19N3. The molecule has 14 heavy (non-hydrogen) atoms. The fourth-order valence-corrected chi connectivity index (χ4v) is 1.38. The van der Waals surface area contributed by atoms with Crippen molar-refractivity contribution in [3.05, 3.63) is 23.4 Å². The number of pyridine rings is 1. The van der Waals surface area contributed by atoms with E-state index in [0.717, 1.165) is 11.4 Å². The minimum absolute atomic E-state index is 0.439. The topological polar surface area (TPSA) is 42.2 Å². The molecule has 0 aliphatic heterocycles. The van der Waals surface area contributed by atoms with E-state index in [0.29, 0.717) is 12.6 Å². The molecule has 0 saturated carbocycles. The fourth-order valence-electron chi connectivity index (χ4n) is 1.38. The normalized spacial score (nSPS) is 10.7. The van der Waals surface area contributed by atoms with E-state index in [1.54, 1.807) is 0 Å². The molecule has 1 aromatic rings. The zero-order chi connectivity index (χ0) is 10.7. The van der Waals surface area contributed by atoms with Gasteiger partial charge in [0.15, 0.2) is 0 Å². The van der Waals surface area contributed by atoms with Crippen LogP contribution >= 0.6 is 0 Å². The highest BCUT2D eigenvalue weighted by Crippen LogP contribution is 2.20. The van der Waals surface area contributed by atoms with Crippen molar-refractivity contribution in [1.82, 2.24) is 4.98 Å². The van der Waals surface area contributed by atoms with Crippen molar-refractivity contribution < 1.29 is 0 Å². The predicted octanol–water partition coefficient (Wildman–Crippen LogP) is 1.69. The summed E-state index contributed by atoms with van der Waals surface area (Å²) in [7, 11) is 2.05. The Morgan fingerprint density at radius 3 is 2.64 bits per heavy atom. The summed E-state index contributed by atoms with van der Waals surface area (Å²) < 4.78 is 0. The third kappa shape index (κ3) is 2.04. The summed E-state index contributed by atoms with van der Waals surface area (Å²) in [4.78, 5) is 6.53. The molecule has 3 heteroatoms. The maximum atomic E-state index is 5.72. The third-order valence-electron chi connectivity index (χ3n) is 2.58. The van der Waals surface area contributed by atoms with E-state index in [4.69, 9.17) is 5.73 Å². The Morgan fingerprint density at radius 1 is 1.50 bits per heavy atom. The molecule has 0 fully saturated rings. The van der Waals surface area contributed by atoms with Gasteiger partial charge in [-0.1, -0.05) is 0 Å². The van der Waals surface area contributed by atoms with E-state index in [9.17, 15) is 0 Å². The van der Waals surface area contributed by atoms with Gasteiger partial charge in [0.25, 0.3) is 0 Å². The van der Waals surface area contributed by atoms with Crippen molar-refractivity contribution in [2.75, 3.05) is 11.9 Å². The molecule has 0 aliphatic carbocycles. The Hall–Kier alpha value is -1.09. The third-order valence-corrected chi connectivity index (χ3v) is 2.58. The number of hydrogen-bond donors (Lipinski definition) is 1. The number of nitrogens with zero attached hydrogens (tertiary/aromatic N) is 2. The molecule has 1 heterocycles. The number of aryl methyl sites for hydroxylation is 1. The van der Waals surface area contributed by atoms with Crippen LogP contribution in [0.2, 0.25) is 0 Å². The van der Waals surface area contributed by atoms with Crippen molar-refractivity contribution in [2.45, 2.75) is 33.4 Å². The van der Waals surface area contributed by atoms with Crippen molar-refractivity contribution in [3.8, 4) is 0 Å². The van der Waals surface area contributed by atoms with Gasteiger partial charge < -0.3 is 10.6 Å². The van der Waals surface area contributed by atoms with Crippen molar-refractivity contribution in [2.24, 2.45) is 5.73 Å². The van der Waals surface area contributed by atoms with Crippen LogP contribution in [0.15, 0.2) is 12.3 Å². The van der Waals surface area contributed by atoms with Gasteiger partial charge in [-0.25, -0.2) is 4.98 Å². The first kappa shape index (κ1) is 11.0. The number of aromatic nitrogens is 1. The van der Waals surface area contributed by atoms with Gasteiger partial charge in [0.05, 0.1) is 0 Å². The Kier molecular flexibility index (Phi) is 3.47. The summed E-state index contributed by atoms with van der Waals surface area (Å²) in [5.74, 6) is 1.00. The zero-order valence-corrected chi connectivity index (χ0v) is 9.41. The second-order valence-electron chi connectivity index (χ2n) is 3.84. The van der Waals surface area contributed by atoms with Gasteiger partial charge in [-0.3, -0.25) is 0 Å². The molecule has 3 nitrogen and oxygen atoms in total. The van der Waals surface area contributed by atoms with Crippen LogP contribution in [0.3, 0.4) is 0 Å². The number of hydrogen-bond acceptors (Lipinski definition) is 3. The highest BCUT2D eigenvalue weighted by Gasteiger charge is 2.11. The Morgan fingerprint density at radius 2 is 2.14 bits per heavy atom. The fraction of sp³-hybridized carbons (Fsp3) is 0.545. The quantitative estimate of drug-likeness (QED) is 0.794. The smallest absolute Gasteiger partial charge is 0.133 e. The number of anilines is 1. The average Bonchev–Trinajstić information content (AvgIpc) is 2.16. The first-order valence-corrected chi connectivity index (χ1v) is 4.95. The van der Waals surface area contributed by atoms with Crippen LogP contribution in [0, 0.1) is 6.92 Å². The number of rotatable bonds is 3. The first-order chi connectivity index (χ1) is 6.57. The molecule has 0 unspecified atom stereocenters. The highest BCUT2D eigenvalue weighted by atomic mass is 15.2. The van der Waals surface area contributed by atoms with Crippen LogP contribution in [-0.2, 0) is 6.54 Å². The summed E-state index contributed by atoms with van der Waals surface area (Å²) in [6.45, 7) is 6.90. The second kappa shape index (κ2) is 4.42. The lowest BCUT2D eigenvalue weighted by Gasteiger charge is -2.25. The molecule has 0 spiro atoms. The maximum Gasteiger partial charge on any atom is 0.133 e. The van der Waals surface area contributed by atoms with Gasteiger partial charge in [-0.15, -0.1) is 0 Å². The van der Waals surface area contributed by atoms with Gasteiger partial charge in [-0.05, 0) is 32.4 Å². The van der Waals surface area contributed by atoms with Gasteiger partial charge in [0.1, 0.15) is 5.82 Å². The summed E-state index contributed by atoms with van der Waals surface area (Å²) in [6.07, 6.45) is 1.84. The molecule has 0 bridgehead atoms. The van der Waals surface area contributed by atoms with E-state index in [-0.39, 0.29) is 0 Å². The summed E-state index contributed by atoms with van der Waals surface area (Å²) in [5.41, 5.74) is 8.08. The lowest BCUT2D eigenvalue weighted by atomic mass is 10.1. The Balaban J connectivity index is 3.13. The Labute approximate surface area is 85.9 Å². The molecule has 1 aromatic heterocycles. The van der Waals surface area contributed by atoms with Crippen LogP contribution in [0.25, 0.3) is 0 Å². The molecule has 0 saturated heterocycles. The van der Waals surface area contributed by atoms with Crippen LogP contribution in [0.4, 0.5) is 5.82 Å². The highest BCUT2D eigenvalue weighted by molar-refractivity contribution is 5.50. The van der Waals surface area contributed by atoms with Crippen molar-refractivity contribution in [3.63, 3.8) is 0 Å². The molecular weight excluding hydrogens is 174 g/mol. The first-order valence-electron chi connectivity index (χ1n) is 4.95. The lowest BCUT2D eigenvalue weighted by molar-refractivity contribution is 0.735.